The largest absolute Gasteiger partial charge is 0.486 e. The number of hydrogen-bond donors (Lipinski definition) is 1. The fourth-order valence-electron chi connectivity index (χ4n) is 2.13. The van der Waals surface area contributed by atoms with Crippen molar-refractivity contribution in [1.82, 2.24) is 0 Å². The van der Waals surface area contributed by atoms with Crippen molar-refractivity contribution in [2.75, 3.05) is 13.2 Å². The molecule has 1 aliphatic heterocycles. The molecule has 1 N–H and O–H groups in total. The van der Waals surface area contributed by atoms with Crippen LogP contribution in [-0.2, 0) is 0 Å². The van der Waals surface area contributed by atoms with Gasteiger partial charge in [0.15, 0.2) is 11.5 Å². The maximum atomic E-state index is 13.1. The van der Waals surface area contributed by atoms with Crippen LogP contribution in [0.15, 0.2) is 36.4 Å². The van der Waals surface area contributed by atoms with Gasteiger partial charge in [0.25, 0.3) is 0 Å². The SMILES string of the molecule is OC(c1ccc2c(c1)OCCO2)c1ccc(F)cc1I. The topological polar surface area (TPSA) is 38.7 Å². The smallest absolute Gasteiger partial charge is 0.161 e. The summed E-state index contributed by atoms with van der Waals surface area (Å²) in [7, 11) is 0. The quantitative estimate of drug-likeness (QED) is 0.806. The molecule has 2 aromatic carbocycles. The Bertz CT molecular complexity index is 645. The van der Waals surface area contributed by atoms with Gasteiger partial charge < -0.3 is 14.6 Å². The van der Waals surface area contributed by atoms with E-state index in [4.69, 9.17) is 9.47 Å². The van der Waals surface area contributed by atoms with E-state index in [9.17, 15) is 9.50 Å². The van der Waals surface area contributed by atoms with Crippen LogP contribution in [0.2, 0.25) is 0 Å². The minimum atomic E-state index is -0.821. The molecule has 3 rings (SSSR count). The molecule has 104 valence electrons. The van der Waals surface area contributed by atoms with Crippen LogP contribution in [0.4, 0.5) is 4.39 Å². The Morgan fingerprint density at radius 1 is 1.05 bits per heavy atom. The van der Waals surface area contributed by atoms with Gasteiger partial charge in [-0.3, -0.25) is 0 Å². The van der Waals surface area contributed by atoms with Crippen LogP contribution in [0.5, 0.6) is 11.5 Å². The number of halogens is 2. The molecule has 0 fully saturated rings. The standard InChI is InChI=1S/C15H12FIO3/c16-10-2-3-11(12(17)8-10)15(18)9-1-4-13-14(7-9)20-6-5-19-13/h1-4,7-8,15,18H,5-6H2. The van der Waals surface area contributed by atoms with E-state index < -0.39 is 6.10 Å². The van der Waals surface area contributed by atoms with Crippen LogP contribution in [0, 0.1) is 9.39 Å². The molecule has 0 saturated heterocycles. The fraction of sp³-hybridized carbons (Fsp3) is 0.200. The zero-order valence-corrected chi connectivity index (χ0v) is 12.6. The van der Waals surface area contributed by atoms with Gasteiger partial charge in [0.2, 0.25) is 0 Å². The van der Waals surface area contributed by atoms with Gasteiger partial charge in [0.1, 0.15) is 25.1 Å². The Morgan fingerprint density at radius 2 is 1.80 bits per heavy atom. The predicted molar refractivity (Wildman–Crippen MR) is 80.6 cm³/mol. The lowest BCUT2D eigenvalue weighted by atomic mass is 10.0. The highest BCUT2D eigenvalue weighted by molar-refractivity contribution is 14.1. The van der Waals surface area contributed by atoms with Crippen LogP contribution in [0.3, 0.4) is 0 Å². The molecule has 20 heavy (non-hydrogen) atoms. The van der Waals surface area contributed by atoms with Gasteiger partial charge >= 0.3 is 0 Å². The zero-order chi connectivity index (χ0) is 14.1. The second-order valence-electron chi connectivity index (χ2n) is 4.47. The molecule has 0 amide bonds. The lowest BCUT2D eigenvalue weighted by Gasteiger charge is -2.20. The summed E-state index contributed by atoms with van der Waals surface area (Å²) >= 11 is 2.02. The molecule has 3 nitrogen and oxygen atoms in total. The molecule has 1 atom stereocenters. The van der Waals surface area contributed by atoms with Crippen molar-refractivity contribution in [3.8, 4) is 11.5 Å². The Balaban J connectivity index is 1.95. The molecule has 0 saturated carbocycles. The number of rotatable bonds is 2. The molecule has 2 aromatic rings. The highest BCUT2D eigenvalue weighted by Gasteiger charge is 2.18. The zero-order valence-electron chi connectivity index (χ0n) is 10.5. The highest BCUT2D eigenvalue weighted by Crippen LogP contribution is 2.35. The van der Waals surface area contributed by atoms with Gasteiger partial charge in [-0.05, 0) is 58.0 Å². The molecule has 5 heteroatoms. The van der Waals surface area contributed by atoms with E-state index in [1.165, 1.54) is 12.1 Å². The normalized spacial score (nSPS) is 14.9. The maximum absolute atomic E-state index is 13.1. The lowest BCUT2D eigenvalue weighted by Crippen LogP contribution is -2.15. The fourth-order valence-corrected chi connectivity index (χ4v) is 2.91. The monoisotopic (exact) mass is 386 g/mol. The van der Waals surface area contributed by atoms with E-state index in [2.05, 4.69) is 0 Å². The Labute approximate surface area is 129 Å². The number of fused-ring (bicyclic) bond motifs is 1. The third-order valence-electron chi connectivity index (χ3n) is 3.14. The van der Waals surface area contributed by atoms with E-state index in [0.717, 1.165) is 0 Å². The van der Waals surface area contributed by atoms with Crippen molar-refractivity contribution < 1.29 is 19.0 Å². The maximum Gasteiger partial charge on any atom is 0.161 e. The second kappa shape index (κ2) is 5.57. The summed E-state index contributed by atoms with van der Waals surface area (Å²) < 4.78 is 24.7. The molecule has 0 bridgehead atoms. The second-order valence-corrected chi connectivity index (χ2v) is 5.63. The molecule has 0 aromatic heterocycles. The third-order valence-corrected chi connectivity index (χ3v) is 4.07. The summed E-state index contributed by atoms with van der Waals surface area (Å²) in [6.07, 6.45) is -0.821. The summed E-state index contributed by atoms with van der Waals surface area (Å²) in [5.74, 6) is 0.999. The number of aliphatic hydroxyl groups is 1. The first kappa shape index (κ1) is 13.6. The van der Waals surface area contributed by atoms with Gasteiger partial charge in [0, 0.05) is 3.57 Å². The van der Waals surface area contributed by atoms with Gasteiger partial charge in [-0.25, -0.2) is 4.39 Å². The van der Waals surface area contributed by atoms with Crippen molar-refractivity contribution >= 4 is 22.6 Å². The molecule has 0 radical (unpaired) electrons. The minimum Gasteiger partial charge on any atom is -0.486 e. The molecular formula is C15H12FIO3. The average Bonchev–Trinajstić information content (AvgIpc) is 2.46. The van der Waals surface area contributed by atoms with E-state index in [0.29, 0.717) is 39.4 Å². The van der Waals surface area contributed by atoms with Crippen LogP contribution in [0.1, 0.15) is 17.2 Å². The van der Waals surface area contributed by atoms with Gasteiger partial charge in [-0.2, -0.15) is 0 Å². The summed E-state index contributed by atoms with van der Waals surface area (Å²) in [5, 5.41) is 10.4. The van der Waals surface area contributed by atoms with E-state index in [-0.39, 0.29) is 5.82 Å². The number of benzene rings is 2. The number of hydrogen-bond acceptors (Lipinski definition) is 3. The third kappa shape index (κ3) is 2.60. The molecular weight excluding hydrogens is 374 g/mol. The van der Waals surface area contributed by atoms with Crippen LogP contribution in [0.25, 0.3) is 0 Å². The number of ether oxygens (including phenoxy) is 2. The molecule has 1 heterocycles. The first-order chi connectivity index (χ1) is 9.65. The average molecular weight is 386 g/mol. The Kier molecular flexibility index (Phi) is 3.80. The highest BCUT2D eigenvalue weighted by atomic mass is 127. The van der Waals surface area contributed by atoms with Crippen molar-refractivity contribution in [3.05, 3.63) is 56.9 Å². The van der Waals surface area contributed by atoms with Gasteiger partial charge in [-0.1, -0.05) is 12.1 Å². The van der Waals surface area contributed by atoms with E-state index in [1.807, 2.05) is 22.6 Å². The minimum absolute atomic E-state index is 0.312. The summed E-state index contributed by atoms with van der Waals surface area (Å²) in [6, 6.07) is 9.67. The molecule has 1 unspecified atom stereocenters. The first-order valence-electron chi connectivity index (χ1n) is 6.18. The van der Waals surface area contributed by atoms with Gasteiger partial charge in [0.05, 0.1) is 0 Å². The van der Waals surface area contributed by atoms with Gasteiger partial charge in [-0.15, -0.1) is 0 Å². The molecule has 0 spiro atoms. The molecule has 0 aliphatic carbocycles. The first-order valence-corrected chi connectivity index (χ1v) is 7.25. The predicted octanol–water partition coefficient (Wildman–Crippen LogP) is 3.28. The van der Waals surface area contributed by atoms with Crippen LogP contribution >= 0.6 is 22.6 Å². The lowest BCUT2D eigenvalue weighted by molar-refractivity contribution is 0.169. The summed E-state index contributed by atoms with van der Waals surface area (Å²) in [5.41, 5.74) is 1.36. The summed E-state index contributed by atoms with van der Waals surface area (Å²) in [4.78, 5) is 0. The van der Waals surface area contributed by atoms with Crippen LogP contribution < -0.4 is 9.47 Å². The van der Waals surface area contributed by atoms with Crippen LogP contribution in [-0.4, -0.2) is 18.3 Å². The van der Waals surface area contributed by atoms with E-state index in [1.54, 1.807) is 24.3 Å². The Morgan fingerprint density at radius 3 is 2.55 bits per heavy atom. The van der Waals surface area contributed by atoms with E-state index >= 15 is 0 Å². The molecule has 1 aliphatic rings. The van der Waals surface area contributed by atoms with Crippen molar-refractivity contribution in [2.24, 2.45) is 0 Å². The Hall–Kier alpha value is -1.34. The summed E-state index contributed by atoms with van der Waals surface area (Å²) in [6.45, 7) is 1.03. The number of aliphatic hydroxyl groups excluding tert-OH is 1. The van der Waals surface area contributed by atoms with Crippen molar-refractivity contribution in [1.29, 1.82) is 0 Å². The van der Waals surface area contributed by atoms with Crippen molar-refractivity contribution in [2.45, 2.75) is 6.10 Å². The van der Waals surface area contributed by atoms with Crippen molar-refractivity contribution in [3.63, 3.8) is 0 Å².